The van der Waals surface area contributed by atoms with Crippen molar-refractivity contribution in [3.05, 3.63) is 57.7 Å². The van der Waals surface area contributed by atoms with Crippen molar-refractivity contribution in [2.45, 2.75) is 38.6 Å². The van der Waals surface area contributed by atoms with E-state index in [1.807, 2.05) is 18.2 Å². The zero-order valence-corrected chi connectivity index (χ0v) is 21.2. The third-order valence-corrected chi connectivity index (χ3v) is 7.16. The van der Waals surface area contributed by atoms with Crippen molar-refractivity contribution in [2.24, 2.45) is 5.92 Å². The molecule has 2 atom stereocenters. The van der Waals surface area contributed by atoms with Gasteiger partial charge >= 0.3 is 0 Å². The molecule has 0 spiro atoms. The summed E-state index contributed by atoms with van der Waals surface area (Å²) < 4.78 is 0. The minimum atomic E-state index is -0.0237. The molecule has 3 aromatic rings. The van der Waals surface area contributed by atoms with Crippen LogP contribution in [0.15, 0.2) is 36.5 Å². The Bertz CT molecular complexity index is 1220. The van der Waals surface area contributed by atoms with Gasteiger partial charge in [-0.05, 0) is 81.6 Å². The van der Waals surface area contributed by atoms with Crippen LogP contribution in [-0.4, -0.2) is 48.6 Å². The predicted octanol–water partition coefficient (Wildman–Crippen LogP) is 6.76. The zero-order valence-electron chi connectivity index (χ0n) is 19.7. The summed E-state index contributed by atoms with van der Waals surface area (Å²) in [7, 11) is 4.23. The molecule has 178 valence electrons. The maximum atomic E-state index is 12.5. The van der Waals surface area contributed by atoms with Crippen LogP contribution in [0.4, 0.5) is 5.69 Å². The van der Waals surface area contributed by atoms with Crippen molar-refractivity contribution in [1.82, 2.24) is 9.88 Å². The van der Waals surface area contributed by atoms with Gasteiger partial charge in [0.2, 0.25) is 0 Å². The van der Waals surface area contributed by atoms with Crippen LogP contribution in [0.25, 0.3) is 22.0 Å². The van der Waals surface area contributed by atoms with Crippen LogP contribution in [0.5, 0.6) is 0 Å². The van der Waals surface area contributed by atoms with E-state index in [1.165, 1.54) is 12.8 Å². The second kappa shape index (κ2) is 10.4. The van der Waals surface area contributed by atoms with Crippen LogP contribution < -0.4 is 5.32 Å². The molecule has 2 aromatic carbocycles. The van der Waals surface area contributed by atoms with Crippen molar-refractivity contribution in [3.63, 3.8) is 0 Å². The Hall–Kier alpha value is -2.47. The van der Waals surface area contributed by atoms with Crippen LogP contribution in [0, 0.1) is 5.92 Å². The van der Waals surface area contributed by atoms with Crippen LogP contribution in [-0.2, 0) is 0 Å². The van der Waals surface area contributed by atoms with E-state index >= 15 is 0 Å². The molecule has 2 unspecified atom stereocenters. The van der Waals surface area contributed by atoms with Gasteiger partial charge in [0.25, 0.3) is 0 Å². The van der Waals surface area contributed by atoms with Crippen LogP contribution >= 0.6 is 23.2 Å². The van der Waals surface area contributed by atoms with E-state index in [0.29, 0.717) is 33.9 Å². The molecular formula is C27H29Cl2N3O2. The minimum Gasteiger partial charge on any atom is -0.381 e. The number of Topliss-reactive ketones (excluding diaryl/α,β-unsaturated/α-hetero) is 1. The second-order valence-corrected chi connectivity index (χ2v) is 10.3. The van der Waals surface area contributed by atoms with Gasteiger partial charge in [0.1, 0.15) is 0 Å². The molecule has 1 aliphatic rings. The Kier molecular flexibility index (Phi) is 7.56. The summed E-state index contributed by atoms with van der Waals surface area (Å²) in [5.74, 6) is 0.607. The number of pyridine rings is 1. The molecule has 7 heteroatoms. The molecule has 0 saturated heterocycles. The van der Waals surface area contributed by atoms with E-state index in [0.717, 1.165) is 47.1 Å². The third kappa shape index (κ3) is 5.27. The number of ketones is 1. The van der Waals surface area contributed by atoms with Crippen molar-refractivity contribution in [1.29, 1.82) is 0 Å². The number of fused-ring (bicyclic) bond motifs is 1. The van der Waals surface area contributed by atoms with Crippen molar-refractivity contribution < 1.29 is 9.59 Å². The van der Waals surface area contributed by atoms with Crippen molar-refractivity contribution in [3.8, 4) is 11.1 Å². The number of hydrogen-bond acceptors (Lipinski definition) is 5. The molecule has 4 rings (SSSR count). The number of halogens is 2. The molecule has 5 nitrogen and oxygen atoms in total. The first-order valence-electron chi connectivity index (χ1n) is 11.6. The van der Waals surface area contributed by atoms with Crippen LogP contribution in [0.1, 0.15) is 53.3 Å². The van der Waals surface area contributed by atoms with Gasteiger partial charge in [0.05, 0.1) is 32.4 Å². The number of benzene rings is 2. The summed E-state index contributed by atoms with van der Waals surface area (Å²) >= 11 is 12.6. The zero-order chi connectivity index (χ0) is 24.4. The van der Waals surface area contributed by atoms with Gasteiger partial charge in [0.15, 0.2) is 12.1 Å². The molecule has 1 fully saturated rings. The lowest BCUT2D eigenvalue weighted by Gasteiger charge is -2.32. The van der Waals surface area contributed by atoms with Gasteiger partial charge < -0.3 is 10.2 Å². The molecule has 1 aliphatic carbocycles. The molecule has 1 saturated carbocycles. The number of hydrogen-bond donors (Lipinski definition) is 1. The van der Waals surface area contributed by atoms with E-state index in [-0.39, 0.29) is 11.3 Å². The molecular weight excluding hydrogens is 469 g/mol. The molecule has 0 amide bonds. The first kappa shape index (κ1) is 24.6. The van der Waals surface area contributed by atoms with Crippen LogP contribution in [0.3, 0.4) is 0 Å². The highest BCUT2D eigenvalue weighted by Gasteiger charge is 2.24. The highest BCUT2D eigenvalue weighted by molar-refractivity contribution is 6.39. The summed E-state index contributed by atoms with van der Waals surface area (Å²) in [6.07, 6.45) is 6.86. The average Bonchev–Trinajstić information content (AvgIpc) is 2.78. The Balaban J connectivity index is 1.76. The lowest BCUT2D eigenvalue weighted by Crippen LogP contribution is -2.32. The van der Waals surface area contributed by atoms with E-state index in [2.05, 4.69) is 29.3 Å². The lowest BCUT2D eigenvalue weighted by atomic mass is 9.85. The second-order valence-electron chi connectivity index (χ2n) is 9.44. The number of rotatable bonds is 7. The lowest BCUT2D eigenvalue weighted by molar-refractivity contribution is 0.101. The Morgan fingerprint density at radius 3 is 2.53 bits per heavy atom. The maximum Gasteiger partial charge on any atom is 0.163 e. The van der Waals surface area contributed by atoms with Crippen LogP contribution in [0.2, 0.25) is 10.0 Å². The fourth-order valence-corrected chi connectivity index (χ4v) is 5.54. The third-order valence-electron chi connectivity index (χ3n) is 6.53. The topological polar surface area (TPSA) is 62.3 Å². The fourth-order valence-electron chi connectivity index (χ4n) is 4.97. The van der Waals surface area contributed by atoms with E-state index in [4.69, 9.17) is 23.2 Å². The Morgan fingerprint density at radius 1 is 1.15 bits per heavy atom. The predicted molar refractivity (Wildman–Crippen MR) is 141 cm³/mol. The van der Waals surface area contributed by atoms with Crippen molar-refractivity contribution in [2.75, 3.05) is 26.0 Å². The van der Waals surface area contributed by atoms with E-state index < -0.39 is 0 Å². The summed E-state index contributed by atoms with van der Waals surface area (Å²) in [5, 5.41) is 5.21. The number of nitrogens with one attached hydrogen (secondary N) is 1. The van der Waals surface area contributed by atoms with E-state index in [1.54, 1.807) is 25.3 Å². The number of anilines is 1. The molecule has 0 bridgehead atoms. The van der Waals surface area contributed by atoms with Gasteiger partial charge in [-0.3, -0.25) is 14.6 Å². The SMILES string of the molecule is CC(=O)c1cnc2ccc(-c3cc(Cl)c(C=O)c(Cl)c3)cc2c1NC1CCCC(CN(C)C)C1. The molecule has 1 aromatic heterocycles. The molecule has 34 heavy (non-hydrogen) atoms. The first-order valence-corrected chi connectivity index (χ1v) is 12.3. The van der Waals surface area contributed by atoms with Gasteiger partial charge in [0, 0.05) is 24.2 Å². The first-order chi connectivity index (χ1) is 16.3. The van der Waals surface area contributed by atoms with E-state index in [9.17, 15) is 9.59 Å². The molecule has 0 aliphatic heterocycles. The largest absolute Gasteiger partial charge is 0.381 e. The Morgan fingerprint density at radius 2 is 1.88 bits per heavy atom. The summed E-state index contributed by atoms with van der Waals surface area (Å²) in [5.41, 5.74) is 4.18. The maximum absolute atomic E-state index is 12.5. The normalized spacial score (nSPS) is 18.3. The number of aromatic nitrogens is 1. The monoisotopic (exact) mass is 497 g/mol. The number of aldehydes is 1. The highest BCUT2D eigenvalue weighted by atomic mass is 35.5. The van der Waals surface area contributed by atoms with Gasteiger partial charge in [-0.25, -0.2) is 0 Å². The fraction of sp³-hybridized carbons (Fsp3) is 0.370. The standard InChI is InChI=1S/C27H29Cl2N3O2/c1-16(34)22-13-30-26-8-7-18(19-11-24(28)23(15-33)25(29)12-19)10-21(26)27(22)31-20-6-4-5-17(9-20)14-32(2)3/h7-8,10-13,15,17,20H,4-6,9,14H2,1-3H3,(H,30,31). The van der Waals surface area contributed by atoms with Gasteiger partial charge in [-0.2, -0.15) is 0 Å². The summed E-state index contributed by atoms with van der Waals surface area (Å²) in [4.78, 5) is 30.6. The highest BCUT2D eigenvalue weighted by Crippen LogP contribution is 2.36. The smallest absolute Gasteiger partial charge is 0.163 e. The van der Waals surface area contributed by atoms with Crippen molar-refractivity contribution >= 4 is 51.9 Å². The average molecular weight is 498 g/mol. The molecule has 1 heterocycles. The quantitative estimate of drug-likeness (QED) is 0.288. The number of carbonyl (C=O) groups excluding carboxylic acids is 2. The number of nitrogens with zero attached hydrogens (tertiary/aromatic N) is 2. The minimum absolute atomic E-state index is 0.0237. The molecule has 0 radical (unpaired) electrons. The number of carbonyl (C=O) groups is 2. The Labute approximate surface area is 210 Å². The molecule has 1 N–H and O–H groups in total. The van der Waals surface area contributed by atoms with Gasteiger partial charge in [-0.15, -0.1) is 0 Å². The summed E-state index contributed by atoms with van der Waals surface area (Å²) in [6.45, 7) is 2.64. The van der Waals surface area contributed by atoms with Gasteiger partial charge in [-0.1, -0.05) is 35.7 Å². The summed E-state index contributed by atoms with van der Waals surface area (Å²) in [6, 6.07) is 9.66.